The maximum absolute atomic E-state index is 6.03. The number of hydrogen-bond acceptors (Lipinski definition) is 8. The second-order valence-corrected chi connectivity index (χ2v) is 9.87. The normalized spacial score (nSPS) is 11.2. The van der Waals surface area contributed by atoms with Crippen LogP contribution in [-0.4, -0.2) is 79.3 Å². The van der Waals surface area contributed by atoms with Crippen LogP contribution in [0.3, 0.4) is 0 Å². The summed E-state index contributed by atoms with van der Waals surface area (Å²) in [7, 11) is 0. The molecule has 0 aromatic heterocycles. The van der Waals surface area contributed by atoms with E-state index in [1.807, 2.05) is 84.9 Å². The molecule has 0 fully saturated rings. The Kier molecular flexibility index (Phi) is 16.1. The van der Waals surface area contributed by atoms with Gasteiger partial charge in [0.2, 0.25) is 0 Å². The lowest BCUT2D eigenvalue weighted by Gasteiger charge is -2.15. The average Bonchev–Trinajstić information content (AvgIpc) is 3.07. The molecule has 8 nitrogen and oxygen atoms in total. The zero-order chi connectivity index (χ0) is 30.3. The molecule has 236 valence electrons. The first kappa shape index (κ1) is 33.4. The summed E-state index contributed by atoms with van der Waals surface area (Å²) in [6.07, 6.45) is 0. The summed E-state index contributed by atoms with van der Waals surface area (Å²) in [6, 6.07) is 32.3. The summed E-state index contributed by atoms with van der Waals surface area (Å²) >= 11 is 0. The summed E-state index contributed by atoms with van der Waals surface area (Å²) < 4.78 is 45.8. The number of hydrogen-bond donors (Lipinski definition) is 0. The van der Waals surface area contributed by atoms with Gasteiger partial charge >= 0.3 is 0 Å². The fraction of sp³-hybridized carbons (Fsp3) is 0.389. The van der Waals surface area contributed by atoms with E-state index in [1.54, 1.807) is 0 Å². The van der Waals surface area contributed by atoms with E-state index in [1.165, 1.54) is 0 Å². The Morgan fingerprint density at radius 2 is 0.636 bits per heavy atom. The Labute approximate surface area is 260 Å². The predicted molar refractivity (Wildman–Crippen MR) is 170 cm³/mol. The molecule has 0 radical (unpaired) electrons. The lowest BCUT2D eigenvalue weighted by Crippen LogP contribution is -2.14. The van der Waals surface area contributed by atoms with Crippen LogP contribution in [0.2, 0.25) is 0 Å². The molecule has 0 heterocycles. The molecular formula is C36H44O8. The van der Waals surface area contributed by atoms with Gasteiger partial charge in [0.1, 0.15) is 13.2 Å². The van der Waals surface area contributed by atoms with Gasteiger partial charge < -0.3 is 37.9 Å². The quantitative estimate of drug-likeness (QED) is 0.0889. The van der Waals surface area contributed by atoms with Gasteiger partial charge in [0.25, 0.3) is 0 Å². The smallest absolute Gasteiger partial charge is 0.161 e. The molecule has 0 aliphatic carbocycles. The van der Waals surface area contributed by atoms with Crippen LogP contribution in [0.15, 0.2) is 97.1 Å². The van der Waals surface area contributed by atoms with E-state index in [0.29, 0.717) is 104 Å². The summed E-state index contributed by atoms with van der Waals surface area (Å²) in [5.74, 6) is 1.36. The summed E-state index contributed by atoms with van der Waals surface area (Å²) in [5.41, 5.74) is 2.31. The van der Waals surface area contributed by atoms with Gasteiger partial charge in [0.05, 0.1) is 79.3 Å². The topological polar surface area (TPSA) is 73.8 Å². The molecule has 4 aromatic carbocycles. The molecule has 8 heteroatoms. The monoisotopic (exact) mass is 604 g/mol. The van der Waals surface area contributed by atoms with E-state index in [9.17, 15) is 0 Å². The molecule has 44 heavy (non-hydrogen) atoms. The van der Waals surface area contributed by atoms with Crippen LogP contribution in [0.1, 0.15) is 11.1 Å². The highest BCUT2D eigenvalue weighted by molar-refractivity contribution is 5.86. The third kappa shape index (κ3) is 13.4. The molecule has 0 bridgehead atoms. The first-order valence-corrected chi connectivity index (χ1v) is 15.2. The standard InChI is InChI=1S/C36H44O8/c1-3-9-31(10-4-1)29-41-21-19-37-15-17-39-23-25-43-35-27-33-13-7-8-14-34(33)28-36(35)44-26-24-40-18-16-38-20-22-42-30-32-11-5-2-6-12-32/h1-14,27-28H,15-26,29-30H2. The number of benzene rings is 4. The van der Waals surface area contributed by atoms with Crippen LogP contribution in [0.4, 0.5) is 0 Å². The fourth-order valence-electron chi connectivity index (χ4n) is 4.25. The van der Waals surface area contributed by atoms with E-state index in [4.69, 9.17) is 37.9 Å². The maximum Gasteiger partial charge on any atom is 0.161 e. The Hall–Kier alpha value is -3.50. The molecule has 0 saturated heterocycles. The third-order valence-electron chi connectivity index (χ3n) is 6.49. The fourth-order valence-corrected chi connectivity index (χ4v) is 4.25. The minimum Gasteiger partial charge on any atom is -0.487 e. The van der Waals surface area contributed by atoms with Crippen LogP contribution in [-0.2, 0) is 41.6 Å². The number of ether oxygens (including phenoxy) is 8. The van der Waals surface area contributed by atoms with Crippen molar-refractivity contribution in [1.82, 2.24) is 0 Å². The number of rotatable bonds is 24. The van der Waals surface area contributed by atoms with E-state index in [2.05, 4.69) is 12.1 Å². The zero-order valence-corrected chi connectivity index (χ0v) is 25.4. The molecule has 0 saturated carbocycles. The van der Waals surface area contributed by atoms with Crippen molar-refractivity contribution < 1.29 is 37.9 Å². The molecular weight excluding hydrogens is 560 g/mol. The van der Waals surface area contributed by atoms with Crippen LogP contribution in [0.25, 0.3) is 10.8 Å². The van der Waals surface area contributed by atoms with Gasteiger partial charge in [-0.3, -0.25) is 0 Å². The van der Waals surface area contributed by atoms with Crippen molar-refractivity contribution in [3.63, 3.8) is 0 Å². The van der Waals surface area contributed by atoms with Gasteiger partial charge in [0, 0.05) is 0 Å². The predicted octanol–water partition coefficient (Wildman–Crippen LogP) is 6.10. The van der Waals surface area contributed by atoms with Crippen LogP contribution in [0.5, 0.6) is 11.5 Å². The molecule has 0 N–H and O–H groups in total. The van der Waals surface area contributed by atoms with E-state index in [-0.39, 0.29) is 0 Å². The van der Waals surface area contributed by atoms with Crippen molar-refractivity contribution in [2.75, 3.05) is 79.3 Å². The lowest BCUT2D eigenvalue weighted by molar-refractivity contribution is 0.00462. The van der Waals surface area contributed by atoms with Gasteiger partial charge in [0.15, 0.2) is 11.5 Å². The minimum atomic E-state index is 0.401. The summed E-state index contributed by atoms with van der Waals surface area (Å²) in [6.45, 7) is 7.03. The molecule has 0 aliphatic rings. The molecule has 4 aromatic rings. The van der Waals surface area contributed by atoms with Crippen LogP contribution >= 0.6 is 0 Å². The van der Waals surface area contributed by atoms with Crippen molar-refractivity contribution in [2.45, 2.75) is 13.2 Å². The third-order valence-corrected chi connectivity index (χ3v) is 6.49. The second-order valence-electron chi connectivity index (χ2n) is 9.87. The van der Waals surface area contributed by atoms with E-state index < -0.39 is 0 Å². The SMILES string of the molecule is c1ccc(COCCOCCOCCOc2cc3ccccc3cc2OCCOCCOCCOCc2ccccc2)cc1. The second kappa shape index (κ2) is 21.2. The maximum atomic E-state index is 6.03. The highest BCUT2D eigenvalue weighted by Gasteiger charge is 2.08. The van der Waals surface area contributed by atoms with Gasteiger partial charge in [-0.25, -0.2) is 0 Å². The van der Waals surface area contributed by atoms with E-state index in [0.717, 1.165) is 21.9 Å². The van der Waals surface area contributed by atoms with Crippen molar-refractivity contribution in [2.24, 2.45) is 0 Å². The molecule has 0 spiro atoms. The molecule has 0 amide bonds. The van der Waals surface area contributed by atoms with Gasteiger partial charge in [-0.05, 0) is 34.0 Å². The number of fused-ring (bicyclic) bond motifs is 1. The Bertz CT molecular complexity index is 1190. The van der Waals surface area contributed by atoms with Gasteiger partial charge in [-0.15, -0.1) is 0 Å². The highest BCUT2D eigenvalue weighted by Crippen LogP contribution is 2.32. The lowest BCUT2D eigenvalue weighted by atomic mass is 10.1. The first-order valence-electron chi connectivity index (χ1n) is 15.2. The highest BCUT2D eigenvalue weighted by atomic mass is 16.6. The van der Waals surface area contributed by atoms with Gasteiger partial charge in [-0.2, -0.15) is 0 Å². The Balaban J connectivity index is 1.03. The van der Waals surface area contributed by atoms with E-state index >= 15 is 0 Å². The summed E-state index contributed by atoms with van der Waals surface area (Å²) in [4.78, 5) is 0. The Morgan fingerprint density at radius 1 is 0.318 bits per heavy atom. The molecule has 4 rings (SSSR count). The van der Waals surface area contributed by atoms with Gasteiger partial charge in [-0.1, -0.05) is 84.9 Å². The van der Waals surface area contributed by atoms with Crippen molar-refractivity contribution >= 4 is 10.8 Å². The average molecular weight is 605 g/mol. The van der Waals surface area contributed by atoms with Crippen molar-refractivity contribution in [3.8, 4) is 11.5 Å². The Morgan fingerprint density at radius 3 is 1.02 bits per heavy atom. The van der Waals surface area contributed by atoms with Crippen molar-refractivity contribution in [3.05, 3.63) is 108 Å². The van der Waals surface area contributed by atoms with Crippen LogP contribution in [0, 0.1) is 0 Å². The molecule has 0 aliphatic heterocycles. The zero-order valence-electron chi connectivity index (χ0n) is 25.4. The van der Waals surface area contributed by atoms with Crippen molar-refractivity contribution in [1.29, 1.82) is 0 Å². The molecule has 0 unspecified atom stereocenters. The molecule has 0 atom stereocenters. The minimum absolute atomic E-state index is 0.401. The van der Waals surface area contributed by atoms with Crippen LogP contribution < -0.4 is 9.47 Å². The largest absolute Gasteiger partial charge is 0.487 e. The summed E-state index contributed by atoms with van der Waals surface area (Å²) in [5, 5.41) is 2.17. The first-order chi connectivity index (χ1) is 21.9.